The lowest BCUT2D eigenvalue weighted by Gasteiger charge is -2.23. The van der Waals surface area contributed by atoms with E-state index in [1.54, 1.807) is 4.90 Å². The molecular formula is C11H20N2O2. The van der Waals surface area contributed by atoms with Gasteiger partial charge in [0.15, 0.2) is 0 Å². The van der Waals surface area contributed by atoms with Crippen molar-refractivity contribution in [2.24, 2.45) is 5.73 Å². The highest BCUT2D eigenvalue weighted by atomic mass is 16.6. The van der Waals surface area contributed by atoms with Crippen LogP contribution in [-0.4, -0.2) is 36.7 Å². The Morgan fingerprint density at radius 2 is 2.47 bits per heavy atom. The molecule has 4 heteroatoms. The molecule has 0 saturated carbocycles. The molecule has 0 aromatic heterocycles. The molecule has 15 heavy (non-hydrogen) atoms. The van der Waals surface area contributed by atoms with Gasteiger partial charge in [-0.05, 0) is 19.4 Å². The van der Waals surface area contributed by atoms with Gasteiger partial charge < -0.3 is 10.5 Å². The predicted octanol–water partition coefficient (Wildman–Crippen LogP) is 1.51. The van der Waals surface area contributed by atoms with Crippen molar-refractivity contribution in [3.63, 3.8) is 0 Å². The second-order valence-corrected chi connectivity index (χ2v) is 3.69. The lowest BCUT2D eigenvalue weighted by atomic mass is 10.2. The fourth-order valence-corrected chi connectivity index (χ4v) is 1.59. The molecule has 0 aromatic carbocycles. The molecule has 2 N–H and O–H groups in total. The Hall–Kier alpha value is -1.03. The number of ether oxygens (including phenoxy) is 1. The highest BCUT2D eigenvalue weighted by Crippen LogP contribution is 2.14. The van der Waals surface area contributed by atoms with E-state index in [1.807, 2.05) is 12.2 Å². The molecule has 1 aliphatic heterocycles. The van der Waals surface area contributed by atoms with E-state index in [9.17, 15) is 4.79 Å². The Morgan fingerprint density at radius 1 is 1.67 bits per heavy atom. The topological polar surface area (TPSA) is 55.6 Å². The number of carbonyl (C=O) groups excluding carboxylic acids is 1. The molecule has 86 valence electrons. The number of hydrogen-bond donors (Lipinski definition) is 1. The van der Waals surface area contributed by atoms with Crippen molar-refractivity contribution in [1.29, 1.82) is 0 Å². The SMILES string of the molecule is CCCCOC(=O)N1CC=CC1CCN. The summed E-state index contributed by atoms with van der Waals surface area (Å²) in [4.78, 5) is 13.4. The molecule has 1 aliphatic rings. The number of nitrogens with two attached hydrogens (primary N) is 1. The van der Waals surface area contributed by atoms with Crippen molar-refractivity contribution in [3.8, 4) is 0 Å². The molecule has 0 radical (unpaired) electrons. The summed E-state index contributed by atoms with van der Waals surface area (Å²) in [7, 11) is 0. The largest absolute Gasteiger partial charge is 0.449 e. The third-order valence-corrected chi connectivity index (χ3v) is 2.48. The maximum atomic E-state index is 11.6. The monoisotopic (exact) mass is 212 g/mol. The van der Waals surface area contributed by atoms with Crippen LogP contribution in [0.25, 0.3) is 0 Å². The number of carbonyl (C=O) groups is 1. The molecule has 1 unspecified atom stereocenters. The summed E-state index contributed by atoms with van der Waals surface area (Å²) in [6, 6.07) is 0.129. The molecule has 4 nitrogen and oxygen atoms in total. The molecule has 0 bridgehead atoms. The van der Waals surface area contributed by atoms with Gasteiger partial charge in [0.2, 0.25) is 0 Å². The molecule has 0 aromatic rings. The molecule has 1 atom stereocenters. The van der Waals surface area contributed by atoms with E-state index in [0.717, 1.165) is 19.3 Å². The van der Waals surface area contributed by atoms with E-state index in [-0.39, 0.29) is 12.1 Å². The summed E-state index contributed by atoms with van der Waals surface area (Å²) in [6.45, 7) is 3.83. The van der Waals surface area contributed by atoms with E-state index >= 15 is 0 Å². The molecule has 0 fully saturated rings. The van der Waals surface area contributed by atoms with E-state index < -0.39 is 0 Å². The van der Waals surface area contributed by atoms with Crippen LogP contribution >= 0.6 is 0 Å². The second-order valence-electron chi connectivity index (χ2n) is 3.69. The number of rotatable bonds is 5. The summed E-state index contributed by atoms with van der Waals surface area (Å²) in [5, 5.41) is 0. The molecule has 1 amide bonds. The zero-order chi connectivity index (χ0) is 11.1. The minimum atomic E-state index is -0.216. The first-order valence-corrected chi connectivity index (χ1v) is 5.59. The van der Waals surface area contributed by atoms with Crippen LogP contribution in [0.5, 0.6) is 0 Å². The van der Waals surface area contributed by atoms with E-state index in [0.29, 0.717) is 19.7 Å². The Bertz CT molecular complexity index is 229. The first kappa shape index (κ1) is 12.0. The van der Waals surface area contributed by atoms with Crippen molar-refractivity contribution >= 4 is 6.09 Å². The third kappa shape index (κ3) is 3.55. The van der Waals surface area contributed by atoms with Gasteiger partial charge in [-0.2, -0.15) is 0 Å². The van der Waals surface area contributed by atoms with Crippen molar-refractivity contribution in [1.82, 2.24) is 4.90 Å². The summed E-state index contributed by atoms with van der Waals surface area (Å²) in [5.41, 5.74) is 5.48. The molecule has 0 spiro atoms. The molecule has 1 heterocycles. The van der Waals surface area contributed by atoms with Gasteiger partial charge in [-0.1, -0.05) is 25.5 Å². The van der Waals surface area contributed by atoms with Crippen molar-refractivity contribution in [2.45, 2.75) is 32.2 Å². The van der Waals surface area contributed by atoms with Crippen LogP contribution in [0.2, 0.25) is 0 Å². The zero-order valence-electron chi connectivity index (χ0n) is 9.32. The quantitative estimate of drug-likeness (QED) is 0.555. The highest BCUT2D eigenvalue weighted by Gasteiger charge is 2.24. The minimum absolute atomic E-state index is 0.129. The highest BCUT2D eigenvalue weighted by molar-refractivity contribution is 5.69. The van der Waals surface area contributed by atoms with E-state index in [2.05, 4.69) is 6.92 Å². The molecule has 0 aliphatic carbocycles. The van der Waals surface area contributed by atoms with Crippen LogP contribution in [0.3, 0.4) is 0 Å². The number of hydrogen-bond acceptors (Lipinski definition) is 3. The number of nitrogens with zero attached hydrogens (tertiary/aromatic N) is 1. The van der Waals surface area contributed by atoms with Crippen molar-refractivity contribution in [2.75, 3.05) is 19.7 Å². The van der Waals surface area contributed by atoms with Gasteiger partial charge >= 0.3 is 6.09 Å². The average molecular weight is 212 g/mol. The second kappa shape index (κ2) is 6.45. The van der Waals surface area contributed by atoms with Crippen molar-refractivity contribution < 1.29 is 9.53 Å². The smallest absolute Gasteiger partial charge is 0.410 e. The first-order valence-electron chi connectivity index (χ1n) is 5.59. The molecular weight excluding hydrogens is 192 g/mol. The number of unbranched alkanes of at least 4 members (excludes halogenated alkanes) is 1. The summed E-state index contributed by atoms with van der Waals surface area (Å²) in [5.74, 6) is 0. The van der Waals surface area contributed by atoms with Crippen LogP contribution in [0, 0.1) is 0 Å². The Kier molecular flexibility index (Phi) is 5.18. The van der Waals surface area contributed by atoms with Gasteiger partial charge in [0, 0.05) is 6.54 Å². The van der Waals surface area contributed by atoms with Gasteiger partial charge in [-0.25, -0.2) is 4.79 Å². The summed E-state index contributed by atoms with van der Waals surface area (Å²) in [6.07, 6.45) is 6.56. The maximum Gasteiger partial charge on any atom is 0.410 e. The zero-order valence-corrected chi connectivity index (χ0v) is 9.32. The molecule has 1 rings (SSSR count). The van der Waals surface area contributed by atoms with Crippen LogP contribution < -0.4 is 5.73 Å². The van der Waals surface area contributed by atoms with Gasteiger partial charge in [-0.3, -0.25) is 4.90 Å². The minimum Gasteiger partial charge on any atom is -0.449 e. The normalized spacial score (nSPS) is 19.6. The van der Waals surface area contributed by atoms with Gasteiger partial charge in [0.25, 0.3) is 0 Å². The maximum absolute atomic E-state index is 11.6. The first-order chi connectivity index (χ1) is 7.29. The lowest BCUT2D eigenvalue weighted by molar-refractivity contribution is 0.0990. The fourth-order valence-electron chi connectivity index (χ4n) is 1.59. The van der Waals surface area contributed by atoms with Crippen molar-refractivity contribution in [3.05, 3.63) is 12.2 Å². The van der Waals surface area contributed by atoms with E-state index in [4.69, 9.17) is 10.5 Å². The van der Waals surface area contributed by atoms with Gasteiger partial charge in [0.05, 0.1) is 12.6 Å². The predicted molar refractivity (Wildman–Crippen MR) is 59.6 cm³/mol. The summed E-state index contributed by atoms with van der Waals surface area (Å²) >= 11 is 0. The van der Waals surface area contributed by atoms with Gasteiger partial charge in [-0.15, -0.1) is 0 Å². The van der Waals surface area contributed by atoms with Crippen LogP contribution in [0.1, 0.15) is 26.2 Å². The Labute approximate surface area is 91.1 Å². The molecule has 0 saturated heterocycles. The standard InChI is InChI=1S/C11H20N2O2/c1-2-3-9-15-11(14)13-8-4-5-10(13)6-7-12/h4-5,10H,2-3,6-9,12H2,1H3. The fraction of sp³-hybridized carbons (Fsp3) is 0.727. The Balaban J connectivity index is 2.32. The van der Waals surface area contributed by atoms with E-state index in [1.165, 1.54) is 0 Å². The third-order valence-electron chi connectivity index (χ3n) is 2.48. The average Bonchev–Trinajstić information content (AvgIpc) is 2.67. The van der Waals surface area contributed by atoms with Gasteiger partial charge in [0.1, 0.15) is 0 Å². The van der Waals surface area contributed by atoms with Crippen LogP contribution in [-0.2, 0) is 4.74 Å². The Morgan fingerprint density at radius 3 is 3.13 bits per heavy atom. The lowest BCUT2D eigenvalue weighted by Crippen LogP contribution is -2.37. The number of amides is 1. The van der Waals surface area contributed by atoms with Crippen LogP contribution in [0.4, 0.5) is 4.79 Å². The van der Waals surface area contributed by atoms with Crippen LogP contribution in [0.15, 0.2) is 12.2 Å². The summed E-state index contributed by atoms with van der Waals surface area (Å²) < 4.78 is 5.15.